The quantitative estimate of drug-likeness (QED) is 0.649. The number of benzene rings is 1. The minimum absolute atomic E-state index is 0.110. The molecular weight excluding hydrogens is 400 g/mol. The maximum Gasteiger partial charge on any atom is 0.231 e. The summed E-state index contributed by atoms with van der Waals surface area (Å²) >= 11 is 1.39. The number of ether oxygens (including phenoxy) is 1. The topological polar surface area (TPSA) is 84.4 Å². The molecule has 8 heteroatoms. The van der Waals surface area contributed by atoms with Gasteiger partial charge in [0.2, 0.25) is 16.9 Å². The molecule has 0 bridgehead atoms. The Morgan fingerprint density at radius 1 is 1.17 bits per heavy atom. The van der Waals surface area contributed by atoms with Crippen LogP contribution in [0.3, 0.4) is 0 Å². The van der Waals surface area contributed by atoms with Crippen LogP contribution in [-0.2, 0) is 16.0 Å². The van der Waals surface area contributed by atoms with Crippen LogP contribution in [0.1, 0.15) is 50.0 Å². The van der Waals surface area contributed by atoms with Crippen molar-refractivity contribution in [2.24, 2.45) is 5.92 Å². The van der Waals surface area contributed by atoms with Crippen LogP contribution < -0.4 is 10.1 Å². The van der Waals surface area contributed by atoms with Gasteiger partial charge in [-0.2, -0.15) is 0 Å². The molecule has 1 aliphatic carbocycles. The highest BCUT2D eigenvalue weighted by Gasteiger charge is 2.38. The van der Waals surface area contributed by atoms with Crippen LogP contribution in [-0.4, -0.2) is 46.1 Å². The lowest BCUT2D eigenvalue weighted by atomic mass is 9.94. The Bertz CT molecular complexity index is 851. The van der Waals surface area contributed by atoms with Crippen LogP contribution in [0.25, 0.3) is 0 Å². The van der Waals surface area contributed by atoms with Crippen molar-refractivity contribution in [3.63, 3.8) is 0 Å². The molecule has 1 aromatic carbocycles. The van der Waals surface area contributed by atoms with Crippen LogP contribution in [0.15, 0.2) is 30.3 Å². The van der Waals surface area contributed by atoms with Crippen molar-refractivity contribution in [1.82, 2.24) is 15.1 Å². The highest BCUT2D eigenvalue weighted by atomic mass is 32.1. The summed E-state index contributed by atoms with van der Waals surface area (Å²) in [4.78, 5) is 27.0. The lowest BCUT2D eigenvalue weighted by molar-refractivity contribution is -0.130. The number of nitrogens with zero attached hydrogens (tertiary/aromatic N) is 3. The van der Waals surface area contributed by atoms with E-state index in [2.05, 4.69) is 15.5 Å². The van der Waals surface area contributed by atoms with Crippen LogP contribution in [0, 0.1) is 5.92 Å². The van der Waals surface area contributed by atoms with Crippen molar-refractivity contribution in [2.75, 3.05) is 18.5 Å². The average molecular weight is 429 g/mol. The molecule has 7 nitrogen and oxygen atoms in total. The molecule has 2 aliphatic rings. The highest BCUT2D eigenvalue weighted by Crippen LogP contribution is 2.29. The molecule has 1 N–H and O–H groups in total. The normalized spacial score (nSPS) is 19.8. The number of likely N-dealkylation sites (tertiary alicyclic amines) is 1. The minimum Gasteiger partial charge on any atom is -0.494 e. The first-order valence-corrected chi connectivity index (χ1v) is 11.6. The van der Waals surface area contributed by atoms with Crippen LogP contribution in [0.2, 0.25) is 0 Å². The number of aryl methyl sites for hydroxylation is 1. The molecule has 1 saturated heterocycles. The number of hydrogen-bond donors (Lipinski definition) is 1. The van der Waals surface area contributed by atoms with Gasteiger partial charge in [-0.1, -0.05) is 48.8 Å². The number of hydrogen-bond acceptors (Lipinski definition) is 6. The fraction of sp³-hybridized carbons (Fsp3) is 0.545. The molecule has 1 unspecified atom stereocenters. The number of aromatic nitrogens is 2. The van der Waals surface area contributed by atoms with E-state index in [1.54, 1.807) is 0 Å². The minimum atomic E-state index is -0.300. The third-order valence-electron chi connectivity index (χ3n) is 5.79. The zero-order chi connectivity index (χ0) is 20.8. The first-order chi connectivity index (χ1) is 14.7. The summed E-state index contributed by atoms with van der Waals surface area (Å²) in [5.74, 6) is 0.539. The smallest absolute Gasteiger partial charge is 0.231 e. The third kappa shape index (κ3) is 5.36. The van der Waals surface area contributed by atoms with Gasteiger partial charge in [0.25, 0.3) is 0 Å². The van der Waals surface area contributed by atoms with E-state index in [-0.39, 0.29) is 17.7 Å². The Morgan fingerprint density at radius 3 is 2.77 bits per heavy atom. The summed E-state index contributed by atoms with van der Waals surface area (Å²) in [7, 11) is 0. The largest absolute Gasteiger partial charge is 0.494 e. The van der Waals surface area contributed by atoms with Crippen LogP contribution in [0.4, 0.5) is 5.13 Å². The Morgan fingerprint density at radius 2 is 1.97 bits per heavy atom. The van der Waals surface area contributed by atoms with E-state index in [4.69, 9.17) is 4.74 Å². The highest BCUT2D eigenvalue weighted by molar-refractivity contribution is 7.15. The van der Waals surface area contributed by atoms with Gasteiger partial charge in [-0.05, 0) is 31.4 Å². The first-order valence-electron chi connectivity index (χ1n) is 10.8. The standard InChI is InChI=1S/C22H28N4O3S/c27-20-14-16(15-26(20)17-8-3-1-4-9-17)21(28)23-22-25-24-19(30-22)12-7-13-29-18-10-5-2-6-11-18/h2,5-6,10-11,16-17H,1,3-4,7-9,12-15H2,(H,23,25,28). The molecule has 4 rings (SSSR count). The lowest BCUT2D eigenvalue weighted by Gasteiger charge is -2.31. The number of carbonyl (C=O) groups excluding carboxylic acids is 2. The zero-order valence-corrected chi connectivity index (χ0v) is 17.9. The fourth-order valence-corrected chi connectivity index (χ4v) is 4.98. The summed E-state index contributed by atoms with van der Waals surface area (Å²) in [5.41, 5.74) is 0. The van der Waals surface area contributed by atoms with E-state index in [0.717, 1.165) is 36.4 Å². The summed E-state index contributed by atoms with van der Waals surface area (Å²) in [6, 6.07) is 10.0. The van der Waals surface area contributed by atoms with Gasteiger partial charge in [0, 0.05) is 25.4 Å². The number of carbonyl (C=O) groups is 2. The van der Waals surface area contributed by atoms with Gasteiger partial charge in [-0.15, -0.1) is 10.2 Å². The summed E-state index contributed by atoms with van der Waals surface area (Å²) in [5, 5.41) is 12.5. The molecule has 2 aromatic rings. The van der Waals surface area contributed by atoms with E-state index < -0.39 is 0 Å². The van der Waals surface area contributed by atoms with Gasteiger partial charge in [0.05, 0.1) is 12.5 Å². The summed E-state index contributed by atoms with van der Waals surface area (Å²) < 4.78 is 5.69. The molecular formula is C22H28N4O3S. The Hall–Kier alpha value is -2.48. The number of anilines is 1. The summed E-state index contributed by atoms with van der Waals surface area (Å²) in [6.45, 7) is 1.13. The molecule has 30 heavy (non-hydrogen) atoms. The van der Waals surface area contributed by atoms with Gasteiger partial charge in [0.15, 0.2) is 0 Å². The van der Waals surface area contributed by atoms with Crippen molar-refractivity contribution < 1.29 is 14.3 Å². The third-order valence-corrected chi connectivity index (χ3v) is 6.69. The Kier molecular flexibility index (Phi) is 6.94. The van der Waals surface area contributed by atoms with Crippen LogP contribution in [0.5, 0.6) is 5.75 Å². The molecule has 160 valence electrons. The molecule has 1 atom stereocenters. The van der Waals surface area contributed by atoms with Crippen molar-refractivity contribution in [1.29, 1.82) is 0 Å². The molecule has 0 spiro atoms. The van der Waals surface area contributed by atoms with E-state index in [1.807, 2.05) is 35.2 Å². The average Bonchev–Trinajstić information content (AvgIpc) is 3.39. The van der Waals surface area contributed by atoms with E-state index in [0.29, 0.717) is 30.7 Å². The van der Waals surface area contributed by atoms with Crippen LogP contribution >= 0.6 is 11.3 Å². The maximum atomic E-state index is 12.6. The van der Waals surface area contributed by atoms with Gasteiger partial charge >= 0.3 is 0 Å². The maximum absolute atomic E-state index is 12.6. The zero-order valence-electron chi connectivity index (χ0n) is 17.1. The second kappa shape index (κ2) is 10.0. The SMILES string of the molecule is O=C(Nc1nnc(CCCOc2ccccc2)s1)C1CC(=O)N(C2CCCCC2)C1. The molecule has 1 aromatic heterocycles. The number of nitrogens with one attached hydrogen (secondary N) is 1. The van der Waals surface area contributed by atoms with E-state index in [9.17, 15) is 9.59 Å². The van der Waals surface area contributed by atoms with E-state index >= 15 is 0 Å². The van der Waals surface area contributed by atoms with Gasteiger partial charge < -0.3 is 15.0 Å². The molecule has 0 radical (unpaired) electrons. The predicted molar refractivity (Wildman–Crippen MR) is 115 cm³/mol. The molecule has 2 fully saturated rings. The Labute approximate surface area is 180 Å². The number of rotatable bonds is 8. The van der Waals surface area contributed by atoms with Gasteiger partial charge in [-0.25, -0.2) is 0 Å². The molecule has 1 saturated carbocycles. The molecule has 2 heterocycles. The lowest BCUT2D eigenvalue weighted by Crippen LogP contribution is -2.38. The molecule has 1 aliphatic heterocycles. The monoisotopic (exact) mass is 428 g/mol. The van der Waals surface area contributed by atoms with Crippen molar-refractivity contribution >= 4 is 28.3 Å². The van der Waals surface area contributed by atoms with E-state index in [1.165, 1.54) is 30.6 Å². The number of para-hydroxylation sites is 1. The number of amides is 2. The van der Waals surface area contributed by atoms with Gasteiger partial charge in [0.1, 0.15) is 10.8 Å². The van der Waals surface area contributed by atoms with Crippen molar-refractivity contribution in [2.45, 2.75) is 57.4 Å². The Balaban J connectivity index is 1.21. The fourth-order valence-electron chi connectivity index (χ4n) is 4.20. The predicted octanol–water partition coefficient (Wildman–Crippen LogP) is 3.67. The van der Waals surface area contributed by atoms with Crippen molar-refractivity contribution in [3.8, 4) is 5.75 Å². The van der Waals surface area contributed by atoms with Crippen molar-refractivity contribution in [3.05, 3.63) is 35.3 Å². The first kappa shape index (κ1) is 20.8. The summed E-state index contributed by atoms with van der Waals surface area (Å²) in [6.07, 6.45) is 7.60. The van der Waals surface area contributed by atoms with Gasteiger partial charge in [-0.3, -0.25) is 9.59 Å². The second-order valence-corrected chi connectivity index (χ2v) is 9.06. The second-order valence-electron chi connectivity index (χ2n) is 7.99. The molecule has 2 amide bonds.